The molecule has 8 nitrogen and oxygen atoms in total. The van der Waals surface area contributed by atoms with Crippen molar-refractivity contribution in [3.05, 3.63) is 57.0 Å². The smallest absolute Gasteiger partial charge is 0.266 e. The first-order valence-electron chi connectivity index (χ1n) is 8.96. The van der Waals surface area contributed by atoms with Gasteiger partial charge in [-0.05, 0) is 32.9 Å². The maximum atomic E-state index is 12.9. The number of amides is 1. The maximum absolute atomic E-state index is 12.9. The normalized spacial score (nSPS) is 17.6. The number of nitrogens with zero attached hydrogens (tertiary/aromatic N) is 3. The minimum Gasteiger partial charge on any atom is -0.464 e. The van der Waals surface area contributed by atoms with Crippen molar-refractivity contribution in [2.24, 2.45) is 0 Å². The number of nitrogens with one attached hydrogen (secondary N) is 1. The Morgan fingerprint density at radius 1 is 1.33 bits per heavy atom. The highest BCUT2D eigenvalue weighted by molar-refractivity contribution is 5.79. The number of rotatable bonds is 3. The molecular formula is C19H22N4O4. The number of H-pyrrole nitrogens is 1. The van der Waals surface area contributed by atoms with Crippen LogP contribution in [-0.2, 0) is 16.0 Å². The summed E-state index contributed by atoms with van der Waals surface area (Å²) in [5, 5.41) is 2.72. The van der Waals surface area contributed by atoms with E-state index in [0.29, 0.717) is 25.3 Å². The van der Waals surface area contributed by atoms with Crippen LogP contribution in [0.15, 0.2) is 27.4 Å². The van der Waals surface area contributed by atoms with E-state index in [-0.39, 0.29) is 24.0 Å². The second-order valence-electron chi connectivity index (χ2n) is 6.90. The second kappa shape index (κ2) is 6.70. The summed E-state index contributed by atoms with van der Waals surface area (Å²) < 4.78 is 13.1. The van der Waals surface area contributed by atoms with Crippen molar-refractivity contribution in [1.29, 1.82) is 0 Å². The lowest BCUT2D eigenvalue weighted by Gasteiger charge is -2.32. The summed E-state index contributed by atoms with van der Waals surface area (Å²) in [7, 11) is 0. The number of hydrogen-bond acceptors (Lipinski definition) is 5. The number of fused-ring (bicyclic) bond motifs is 1. The molecule has 8 heteroatoms. The van der Waals surface area contributed by atoms with E-state index in [1.807, 2.05) is 32.9 Å². The third kappa shape index (κ3) is 3.28. The molecule has 0 spiro atoms. The Morgan fingerprint density at radius 3 is 2.89 bits per heavy atom. The van der Waals surface area contributed by atoms with Gasteiger partial charge in [0.15, 0.2) is 5.65 Å². The fourth-order valence-corrected chi connectivity index (χ4v) is 3.55. The molecule has 1 unspecified atom stereocenters. The molecule has 0 aliphatic carbocycles. The third-order valence-electron chi connectivity index (χ3n) is 5.03. The molecule has 0 saturated carbocycles. The van der Waals surface area contributed by atoms with Crippen molar-refractivity contribution in [1.82, 2.24) is 19.5 Å². The Balaban J connectivity index is 1.55. The third-order valence-corrected chi connectivity index (χ3v) is 5.03. The first-order chi connectivity index (χ1) is 12.9. The zero-order valence-corrected chi connectivity index (χ0v) is 15.6. The molecule has 1 fully saturated rings. The van der Waals surface area contributed by atoms with E-state index in [2.05, 4.69) is 10.1 Å². The zero-order chi connectivity index (χ0) is 19.1. The summed E-state index contributed by atoms with van der Waals surface area (Å²) in [4.78, 5) is 30.8. The highest BCUT2D eigenvalue weighted by atomic mass is 16.5. The predicted molar refractivity (Wildman–Crippen MR) is 97.7 cm³/mol. The van der Waals surface area contributed by atoms with Gasteiger partial charge < -0.3 is 14.1 Å². The second-order valence-corrected chi connectivity index (χ2v) is 6.90. The van der Waals surface area contributed by atoms with Crippen LogP contribution in [-0.4, -0.2) is 45.1 Å². The van der Waals surface area contributed by atoms with E-state index in [1.165, 1.54) is 6.07 Å². The van der Waals surface area contributed by atoms with Gasteiger partial charge in [0, 0.05) is 29.6 Å². The van der Waals surface area contributed by atoms with Gasteiger partial charge in [0.1, 0.15) is 17.6 Å². The molecule has 1 aliphatic heterocycles. The zero-order valence-electron chi connectivity index (χ0n) is 15.6. The number of furan rings is 1. The molecule has 3 aromatic heterocycles. The molecule has 3 aromatic rings. The van der Waals surface area contributed by atoms with Crippen LogP contribution in [0.1, 0.15) is 34.6 Å². The lowest BCUT2D eigenvalue weighted by Crippen LogP contribution is -2.43. The molecule has 142 valence electrons. The molecule has 1 aliphatic rings. The fourth-order valence-electron chi connectivity index (χ4n) is 3.55. The monoisotopic (exact) mass is 370 g/mol. The summed E-state index contributed by atoms with van der Waals surface area (Å²) in [6, 6.07) is 5.23. The molecule has 1 saturated heterocycles. The van der Waals surface area contributed by atoms with Crippen molar-refractivity contribution in [2.45, 2.75) is 33.3 Å². The van der Waals surface area contributed by atoms with Crippen LogP contribution < -0.4 is 5.56 Å². The molecule has 0 radical (unpaired) electrons. The van der Waals surface area contributed by atoms with E-state index < -0.39 is 0 Å². The molecule has 1 N–H and O–H groups in total. The van der Waals surface area contributed by atoms with Crippen molar-refractivity contribution < 1.29 is 13.9 Å². The molecule has 1 atom stereocenters. The number of aromatic amines is 1. The van der Waals surface area contributed by atoms with Gasteiger partial charge in [0.2, 0.25) is 5.91 Å². The summed E-state index contributed by atoms with van der Waals surface area (Å²) in [6.45, 7) is 7.10. The van der Waals surface area contributed by atoms with Gasteiger partial charge in [-0.25, -0.2) is 9.50 Å². The Kier molecular flexibility index (Phi) is 4.35. The van der Waals surface area contributed by atoms with Gasteiger partial charge in [0.25, 0.3) is 5.56 Å². The maximum Gasteiger partial charge on any atom is 0.266 e. The molecular weight excluding hydrogens is 348 g/mol. The SMILES string of the molecule is Cc1ccc(C2CN(C(=O)Cc3c(C)nc4cc(=O)[nH]n4c3C)CCO2)o1. The van der Waals surface area contributed by atoms with Crippen LogP contribution in [0, 0.1) is 20.8 Å². The van der Waals surface area contributed by atoms with Crippen molar-refractivity contribution in [3.63, 3.8) is 0 Å². The Bertz CT molecular complexity index is 1060. The van der Waals surface area contributed by atoms with Gasteiger partial charge in [-0.3, -0.25) is 14.7 Å². The summed E-state index contributed by atoms with van der Waals surface area (Å²) in [5.74, 6) is 1.57. The van der Waals surface area contributed by atoms with Gasteiger partial charge in [-0.2, -0.15) is 0 Å². The first-order valence-corrected chi connectivity index (χ1v) is 8.96. The summed E-state index contributed by atoms with van der Waals surface area (Å²) in [5.41, 5.74) is 2.76. The van der Waals surface area contributed by atoms with Crippen molar-refractivity contribution in [3.8, 4) is 0 Å². The number of carbonyl (C=O) groups excluding carboxylic acids is 1. The molecule has 27 heavy (non-hydrogen) atoms. The molecule has 4 heterocycles. The minimum absolute atomic E-state index is 0.00781. The Morgan fingerprint density at radius 2 is 2.15 bits per heavy atom. The molecule has 0 bridgehead atoms. The number of hydrogen-bond donors (Lipinski definition) is 1. The number of morpholine rings is 1. The lowest BCUT2D eigenvalue weighted by atomic mass is 10.1. The van der Waals surface area contributed by atoms with Gasteiger partial charge in [-0.1, -0.05) is 0 Å². The van der Waals surface area contributed by atoms with Crippen molar-refractivity contribution >= 4 is 11.6 Å². The first kappa shape index (κ1) is 17.5. The van der Waals surface area contributed by atoms with E-state index in [0.717, 1.165) is 28.5 Å². The van der Waals surface area contributed by atoms with Crippen LogP contribution >= 0.6 is 0 Å². The van der Waals surface area contributed by atoms with Crippen LogP contribution in [0.3, 0.4) is 0 Å². The summed E-state index contributed by atoms with van der Waals surface area (Å²) in [6.07, 6.45) is -0.0231. The summed E-state index contributed by atoms with van der Waals surface area (Å²) >= 11 is 0. The van der Waals surface area contributed by atoms with Crippen LogP contribution in [0.2, 0.25) is 0 Å². The topological polar surface area (TPSA) is 92.8 Å². The van der Waals surface area contributed by atoms with Gasteiger partial charge >= 0.3 is 0 Å². The highest BCUT2D eigenvalue weighted by Crippen LogP contribution is 2.25. The van der Waals surface area contributed by atoms with E-state index in [9.17, 15) is 9.59 Å². The van der Waals surface area contributed by atoms with Gasteiger partial charge in [-0.15, -0.1) is 0 Å². The number of aryl methyl sites for hydroxylation is 3. The largest absolute Gasteiger partial charge is 0.464 e. The number of ether oxygens (including phenoxy) is 1. The van der Waals surface area contributed by atoms with E-state index in [4.69, 9.17) is 9.15 Å². The average Bonchev–Trinajstić information content (AvgIpc) is 3.24. The molecule has 0 aromatic carbocycles. The van der Waals surface area contributed by atoms with Gasteiger partial charge in [0.05, 0.1) is 19.6 Å². The Hall–Kier alpha value is -2.87. The van der Waals surface area contributed by atoms with E-state index >= 15 is 0 Å². The molecule has 1 amide bonds. The molecule has 4 rings (SSSR count). The van der Waals surface area contributed by atoms with Crippen LogP contribution in [0.4, 0.5) is 0 Å². The van der Waals surface area contributed by atoms with Crippen LogP contribution in [0.25, 0.3) is 5.65 Å². The van der Waals surface area contributed by atoms with Crippen molar-refractivity contribution in [2.75, 3.05) is 19.7 Å². The number of aromatic nitrogens is 3. The number of carbonyl (C=O) groups is 1. The Labute approximate surface area is 155 Å². The minimum atomic E-state index is -0.250. The highest BCUT2D eigenvalue weighted by Gasteiger charge is 2.28. The average molecular weight is 370 g/mol. The van der Waals surface area contributed by atoms with E-state index in [1.54, 1.807) is 9.42 Å². The predicted octanol–water partition coefficient (Wildman–Crippen LogP) is 1.68. The fraction of sp³-hybridized carbons (Fsp3) is 0.421. The lowest BCUT2D eigenvalue weighted by molar-refractivity contribution is -0.139. The van der Waals surface area contributed by atoms with Crippen LogP contribution in [0.5, 0.6) is 0 Å². The quantitative estimate of drug-likeness (QED) is 0.757. The standard InChI is InChI=1S/C19H22N4O4/c1-11-4-5-15(27-11)16-10-22(6-7-26-16)19(25)8-14-12(2)20-17-9-18(24)21-23(17)13(14)3/h4-5,9,16H,6-8,10H2,1-3H3,(H,21,24).